The van der Waals surface area contributed by atoms with Gasteiger partial charge in [-0.15, -0.1) is 0 Å². The van der Waals surface area contributed by atoms with E-state index in [4.69, 9.17) is 23.2 Å². The summed E-state index contributed by atoms with van der Waals surface area (Å²) >= 11 is 12.6. The first-order valence-electron chi connectivity index (χ1n) is 9.54. The number of anilines is 2. The molecule has 0 saturated heterocycles. The van der Waals surface area contributed by atoms with E-state index < -0.39 is 6.04 Å². The lowest BCUT2D eigenvalue weighted by Gasteiger charge is -2.37. The molecule has 0 saturated carbocycles. The number of carbonyl (C=O) groups excluding carboxylic acids is 2. The average Bonchev–Trinajstić information content (AvgIpc) is 2.73. The highest BCUT2D eigenvalue weighted by Gasteiger charge is 2.42. The number of para-hydroxylation sites is 2. The second-order valence-corrected chi connectivity index (χ2v) is 9.34. The number of nitrogens with one attached hydrogen (secondary N) is 1. The summed E-state index contributed by atoms with van der Waals surface area (Å²) in [6.45, 7) is 5.68. The standard InChI is InChI=1S/C23H22Cl2N2O2/c1-13(28)27-19-7-5-4-6-17(19)26-18-11-23(2,3)12-20(29)21(18)22(27)14-8-15(24)10-16(25)9-14/h4-10,22,26H,11-12H2,1-3H3. The number of allylic oxidation sites excluding steroid dienone is 1. The minimum Gasteiger partial charge on any atom is -0.357 e. The Morgan fingerprint density at radius 2 is 1.76 bits per heavy atom. The smallest absolute Gasteiger partial charge is 0.224 e. The molecule has 0 bridgehead atoms. The topological polar surface area (TPSA) is 49.4 Å². The third-order valence-corrected chi connectivity index (χ3v) is 5.88. The van der Waals surface area contributed by atoms with Crippen molar-refractivity contribution in [3.63, 3.8) is 0 Å². The van der Waals surface area contributed by atoms with Gasteiger partial charge in [0.1, 0.15) is 0 Å². The number of hydrogen-bond acceptors (Lipinski definition) is 3. The van der Waals surface area contributed by atoms with Crippen LogP contribution in [0.5, 0.6) is 0 Å². The van der Waals surface area contributed by atoms with Gasteiger partial charge in [-0.1, -0.05) is 49.2 Å². The van der Waals surface area contributed by atoms with Crippen molar-refractivity contribution in [1.29, 1.82) is 0 Å². The van der Waals surface area contributed by atoms with E-state index in [0.717, 1.165) is 22.6 Å². The van der Waals surface area contributed by atoms with Crippen LogP contribution in [0.25, 0.3) is 0 Å². The Morgan fingerprint density at radius 1 is 1.10 bits per heavy atom. The van der Waals surface area contributed by atoms with Crippen molar-refractivity contribution in [2.75, 3.05) is 10.2 Å². The first kappa shape index (κ1) is 20.0. The van der Waals surface area contributed by atoms with E-state index in [9.17, 15) is 9.59 Å². The summed E-state index contributed by atoms with van der Waals surface area (Å²) in [7, 11) is 0. The van der Waals surface area contributed by atoms with Crippen LogP contribution in [-0.4, -0.2) is 11.7 Å². The van der Waals surface area contributed by atoms with Crippen molar-refractivity contribution in [2.45, 2.75) is 39.7 Å². The van der Waals surface area contributed by atoms with Gasteiger partial charge in [-0.25, -0.2) is 0 Å². The predicted octanol–water partition coefficient (Wildman–Crippen LogP) is 6.16. The maximum atomic E-state index is 13.4. The van der Waals surface area contributed by atoms with Crippen LogP contribution in [0.3, 0.4) is 0 Å². The SMILES string of the molecule is CC(=O)N1c2ccccc2NC2=C(C(=O)CC(C)(C)C2)C1c1cc(Cl)cc(Cl)c1. The van der Waals surface area contributed by atoms with Crippen LogP contribution in [-0.2, 0) is 9.59 Å². The second kappa shape index (κ2) is 7.19. The number of halogens is 2. The zero-order valence-electron chi connectivity index (χ0n) is 16.6. The van der Waals surface area contributed by atoms with Crippen LogP contribution in [0.15, 0.2) is 53.7 Å². The summed E-state index contributed by atoms with van der Waals surface area (Å²) in [5, 5.41) is 4.39. The highest BCUT2D eigenvalue weighted by Crippen LogP contribution is 2.48. The molecule has 1 heterocycles. The van der Waals surface area contributed by atoms with Crippen LogP contribution in [0.1, 0.15) is 45.2 Å². The minimum absolute atomic E-state index is 0.0314. The van der Waals surface area contributed by atoms with Crippen LogP contribution in [0, 0.1) is 5.41 Å². The van der Waals surface area contributed by atoms with Crippen LogP contribution < -0.4 is 10.2 Å². The Labute approximate surface area is 180 Å². The van der Waals surface area contributed by atoms with Gasteiger partial charge in [0, 0.05) is 34.7 Å². The Morgan fingerprint density at radius 3 is 2.41 bits per heavy atom. The maximum absolute atomic E-state index is 13.4. The number of rotatable bonds is 1. The van der Waals surface area contributed by atoms with Crippen molar-refractivity contribution in [2.24, 2.45) is 5.41 Å². The molecule has 2 aromatic rings. The zero-order valence-corrected chi connectivity index (χ0v) is 18.1. The number of nitrogens with zero attached hydrogens (tertiary/aromatic N) is 1. The molecule has 2 aliphatic rings. The van der Waals surface area contributed by atoms with Gasteiger partial charge in [0.2, 0.25) is 5.91 Å². The van der Waals surface area contributed by atoms with Crippen molar-refractivity contribution in [1.82, 2.24) is 0 Å². The van der Waals surface area contributed by atoms with Crippen molar-refractivity contribution in [3.8, 4) is 0 Å². The van der Waals surface area contributed by atoms with E-state index in [0.29, 0.717) is 28.5 Å². The molecule has 1 unspecified atom stereocenters. The molecule has 6 heteroatoms. The van der Waals surface area contributed by atoms with Crippen LogP contribution in [0.4, 0.5) is 11.4 Å². The van der Waals surface area contributed by atoms with Gasteiger partial charge in [0.05, 0.1) is 17.4 Å². The minimum atomic E-state index is -0.599. The molecule has 1 atom stereocenters. The number of amides is 1. The molecule has 4 nitrogen and oxygen atoms in total. The van der Waals surface area contributed by atoms with E-state index in [1.54, 1.807) is 23.1 Å². The van der Waals surface area contributed by atoms with E-state index in [1.807, 2.05) is 24.3 Å². The summed E-state index contributed by atoms with van der Waals surface area (Å²) in [5.41, 5.74) is 3.53. The second-order valence-electron chi connectivity index (χ2n) is 8.47. The van der Waals surface area contributed by atoms with Gasteiger partial charge in [0.15, 0.2) is 5.78 Å². The lowest BCUT2D eigenvalue weighted by Crippen LogP contribution is -2.38. The fourth-order valence-corrected chi connectivity index (χ4v) is 4.93. The lowest BCUT2D eigenvalue weighted by molar-refractivity contribution is -0.118. The summed E-state index contributed by atoms with van der Waals surface area (Å²) in [5.74, 6) is -0.129. The normalized spacial score (nSPS) is 20.5. The Kier molecular flexibility index (Phi) is 4.96. The predicted molar refractivity (Wildman–Crippen MR) is 117 cm³/mol. The third kappa shape index (κ3) is 3.67. The molecule has 0 aromatic heterocycles. The van der Waals surface area contributed by atoms with Crippen molar-refractivity contribution >= 4 is 46.3 Å². The molecule has 29 heavy (non-hydrogen) atoms. The van der Waals surface area contributed by atoms with Crippen molar-refractivity contribution < 1.29 is 9.59 Å². The van der Waals surface area contributed by atoms with Gasteiger partial charge in [0.25, 0.3) is 0 Å². The molecule has 0 radical (unpaired) electrons. The molecule has 4 rings (SSSR count). The largest absolute Gasteiger partial charge is 0.357 e. The van der Waals surface area contributed by atoms with Crippen LogP contribution in [0.2, 0.25) is 10.0 Å². The Bertz CT molecular complexity index is 1040. The van der Waals surface area contributed by atoms with Gasteiger partial charge in [-0.2, -0.15) is 0 Å². The van der Waals surface area contributed by atoms with Gasteiger partial charge in [-0.3, -0.25) is 14.5 Å². The molecule has 0 spiro atoms. The Balaban J connectivity index is 2.03. The highest BCUT2D eigenvalue weighted by molar-refractivity contribution is 6.34. The molecule has 1 aliphatic heterocycles. The zero-order chi connectivity index (χ0) is 20.9. The monoisotopic (exact) mass is 428 g/mol. The van der Waals surface area contributed by atoms with E-state index in [1.165, 1.54) is 6.92 Å². The Hall–Kier alpha value is -2.30. The number of benzene rings is 2. The van der Waals surface area contributed by atoms with Gasteiger partial charge >= 0.3 is 0 Å². The molecular weight excluding hydrogens is 407 g/mol. The number of Topliss-reactive ketones (excluding diaryl/α,β-unsaturated/α-hetero) is 1. The number of hydrogen-bond donors (Lipinski definition) is 1. The van der Waals surface area contributed by atoms with Crippen LogP contribution >= 0.6 is 23.2 Å². The van der Waals surface area contributed by atoms with Gasteiger partial charge in [-0.05, 0) is 47.7 Å². The fourth-order valence-electron chi connectivity index (χ4n) is 4.38. The number of fused-ring (bicyclic) bond motifs is 1. The first-order chi connectivity index (χ1) is 13.7. The molecule has 2 aromatic carbocycles. The third-order valence-electron chi connectivity index (χ3n) is 5.44. The summed E-state index contributed by atoms with van der Waals surface area (Å²) in [6, 6.07) is 12.2. The van der Waals surface area contributed by atoms with Gasteiger partial charge < -0.3 is 5.32 Å². The summed E-state index contributed by atoms with van der Waals surface area (Å²) in [6.07, 6.45) is 1.12. The molecule has 0 fully saturated rings. The molecule has 1 N–H and O–H groups in total. The van der Waals surface area contributed by atoms with E-state index in [-0.39, 0.29) is 17.1 Å². The first-order valence-corrected chi connectivity index (χ1v) is 10.3. The molecule has 1 amide bonds. The molecule has 150 valence electrons. The van der Waals surface area contributed by atoms with E-state index >= 15 is 0 Å². The lowest BCUT2D eigenvalue weighted by atomic mass is 9.73. The van der Waals surface area contributed by atoms with Crippen molar-refractivity contribution in [3.05, 3.63) is 69.3 Å². The fraction of sp³-hybridized carbons (Fsp3) is 0.304. The quantitative estimate of drug-likeness (QED) is 0.591. The molecular formula is C23H22Cl2N2O2. The van der Waals surface area contributed by atoms with E-state index in [2.05, 4.69) is 19.2 Å². The summed E-state index contributed by atoms with van der Waals surface area (Å²) in [4.78, 5) is 27.9. The molecule has 1 aliphatic carbocycles. The highest BCUT2D eigenvalue weighted by atomic mass is 35.5. The maximum Gasteiger partial charge on any atom is 0.224 e. The average molecular weight is 429 g/mol. The number of ketones is 1. The summed E-state index contributed by atoms with van der Waals surface area (Å²) < 4.78 is 0. The number of carbonyl (C=O) groups is 2.